The number of ether oxygens (including phenoxy) is 1. The number of fused-ring (bicyclic) bond motifs is 1. The summed E-state index contributed by atoms with van der Waals surface area (Å²) in [6, 6.07) is -0.0476. The van der Waals surface area contributed by atoms with Crippen LogP contribution in [-0.2, 0) is 4.74 Å². The van der Waals surface area contributed by atoms with E-state index < -0.39 is 5.60 Å². The van der Waals surface area contributed by atoms with Crippen LogP contribution in [0.5, 0.6) is 0 Å². The number of carbonyl (C=O) groups excluding carboxylic acids is 2. The number of rotatable bonds is 2. The third-order valence-corrected chi connectivity index (χ3v) is 6.88. The molecule has 3 aliphatic carbocycles. The average molecular weight is 364 g/mol. The lowest BCUT2D eigenvalue weighted by Crippen LogP contribution is -2.54. The Balaban J connectivity index is 1.29. The van der Waals surface area contributed by atoms with Crippen molar-refractivity contribution in [3.8, 4) is 0 Å². The molecule has 6 heteroatoms. The quantitative estimate of drug-likeness (QED) is 0.790. The first-order chi connectivity index (χ1) is 12.2. The highest BCUT2D eigenvalue weighted by atomic mass is 16.6. The zero-order valence-corrected chi connectivity index (χ0v) is 16.4. The van der Waals surface area contributed by atoms with Gasteiger partial charge in [-0.05, 0) is 70.6 Å². The minimum Gasteiger partial charge on any atom is -0.444 e. The molecule has 1 heterocycles. The van der Waals surface area contributed by atoms with Crippen LogP contribution in [0.2, 0.25) is 0 Å². The largest absolute Gasteiger partial charge is 0.444 e. The van der Waals surface area contributed by atoms with E-state index in [1.165, 1.54) is 32.1 Å². The van der Waals surface area contributed by atoms with Crippen molar-refractivity contribution in [3.63, 3.8) is 0 Å². The number of nitrogens with one attached hydrogen (secondary N) is 2. The van der Waals surface area contributed by atoms with Crippen LogP contribution >= 0.6 is 0 Å². The van der Waals surface area contributed by atoms with Crippen molar-refractivity contribution >= 4 is 12.1 Å². The van der Waals surface area contributed by atoms with E-state index in [0.717, 1.165) is 25.2 Å². The van der Waals surface area contributed by atoms with Crippen LogP contribution in [0.4, 0.5) is 9.59 Å². The SMILES string of the molecule is CC(C)(C)OC(=O)N1CCCC(NC(=O)NC23CC4CCCC2(C4)C3)C1. The zero-order valence-electron chi connectivity index (χ0n) is 16.4. The van der Waals surface area contributed by atoms with Crippen LogP contribution in [0.3, 0.4) is 0 Å². The van der Waals surface area contributed by atoms with E-state index in [4.69, 9.17) is 4.74 Å². The summed E-state index contributed by atoms with van der Waals surface area (Å²) < 4.78 is 5.47. The molecule has 3 saturated carbocycles. The third kappa shape index (κ3) is 3.27. The lowest BCUT2D eigenvalue weighted by atomic mass is 9.83. The monoisotopic (exact) mass is 363 g/mol. The summed E-state index contributed by atoms with van der Waals surface area (Å²) in [5.41, 5.74) is -0.0191. The van der Waals surface area contributed by atoms with Crippen molar-refractivity contribution in [1.29, 1.82) is 0 Å². The Morgan fingerprint density at radius 2 is 1.96 bits per heavy atom. The number of amides is 3. The molecule has 4 rings (SSSR count). The number of carbonyl (C=O) groups is 2. The van der Waals surface area contributed by atoms with Crippen LogP contribution in [0.15, 0.2) is 0 Å². The molecule has 1 saturated heterocycles. The third-order valence-electron chi connectivity index (χ3n) is 6.88. The summed E-state index contributed by atoms with van der Waals surface area (Å²) in [5, 5.41) is 6.46. The number of nitrogens with zero attached hydrogens (tertiary/aromatic N) is 1. The summed E-state index contributed by atoms with van der Waals surface area (Å²) >= 11 is 0. The second-order valence-electron chi connectivity index (χ2n) is 10.1. The van der Waals surface area contributed by atoms with Crippen molar-refractivity contribution in [2.24, 2.45) is 11.3 Å². The van der Waals surface area contributed by atoms with Gasteiger partial charge in [0.1, 0.15) is 5.60 Å². The maximum Gasteiger partial charge on any atom is 0.410 e. The van der Waals surface area contributed by atoms with Gasteiger partial charge in [0.15, 0.2) is 0 Å². The van der Waals surface area contributed by atoms with Crippen LogP contribution in [-0.4, -0.2) is 47.3 Å². The first-order valence-corrected chi connectivity index (χ1v) is 10.3. The number of likely N-dealkylation sites (tertiary alicyclic amines) is 1. The van der Waals surface area contributed by atoms with Gasteiger partial charge in [-0.2, -0.15) is 0 Å². The van der Waals surface area contributed by atoms with Gasteiger partial charge >= 0.3 is 12.1 Å². The molecule has 2 N–H and O–H groups in total. The summed E-state index contributed by atoms with van der Waals surface area (Å²) in [4.78, 5) is 26.6. The summed E-state index contributed by atoms with van der Waals surface area (Å²) in [6.45, 7) is 6.86. The van der Waals surface area contributed by atoms with Gasteiger partial charge in [-0.3, -0.25) is 0 Å². The molecule has 4 aliphatic rings. The highest BCUT2D eigenvalue weighted by Crippen LogP contribution is 2.73. The Kier molecular flexibility index (Phi) is 4.16. The standard InChI is InChI=1S/C20H33N3O3/c1-18(2,3)26-17(25)23-9-5-7-15(12-23)21-16(24)22-20-11-14-6-4-8-19(20,10-14)13-20/h14-15H,4-13H2,1-3H3,(H2,21,22,24). The minimum absolute atomic E-state index is 0.00291. The van der Waals surface area contributed by atoms with Gasteiger partial charge in [-0.15, -0.1) is 0 Å². The van der Waals surface area contributed by atoms with Gasteiger partial charge in [0.05, 0.1) is 0 Å². The summed E-state index contributed by atoms with van der Waals surface area (Å²) in [6.07, 6.45) is 9.09. The molecule has 0 radical (unpaired) electrons. The van der Waals surface area contributed by atoms with E-state index in [0.29, 0.717) is 18.5 Å². The zero-order chi connectivity index (χ0) is 18.6. The number of urea groups is 1. The van der Waals surface area contributed by atoms with Gasteiger partial charge in [-0.25, -0.2) is 9.59 Å². The van der Waals surface area contributed by atoms with E-state index >= 15 is 0 Å². The van der Waals surface area contributed by atoms with Gasteiger partial charge in [0.25, 0.3) is 0 Å². The molecule has 6 nitrogen and oxygen atoms in total. The van der Waals surface area contributed by atoms with Crippen LogP contribution < -0.4 is 10.6 Å². The highest BCUT2D eigenvalue weighted by molar-refractivity contribution is 5.76. The fourth-order valence-corrected chi connectivity index (χ4v) is 5.82. The summed E-state index contributed by atoms with van der Waals surface area (Å²) in [7, 11) is 0. The van der Waals surface area contributed by atoms with Crippen molar-refractivity contribution < 1.29 is 14.3 Å². The number of hydrogen-bond acceptors (Lipinski definition) is 3. The molecule has 3 amide bonds. The molecular formula is C20H33N3O3. The van der Waals surface area contributed by atoms with Crippen molar-refractivity contribution in [2.45, 2.75) is 89.3 Å². The molecule has 1 spiro atoms. The van der Waals surface area contributed by atoms with Gasteiger partial charge in [0.2, 0.25) is 0 Å². The Hall–Kier alpha value is -1.46. The molecule has 0 aromatic carbocycles. The first-order valence-electron chi connectivity index (χ1n) is 10.3. The van der Waals surface area contributed by atoms with E-state index in [-0.39, 0.29) is 23.7 Å². The number of hydrogen-bond donors (Lipinski definition) is 2. The van der Waals surface area contributed by atoms with Gasteiger partial charge in [-0.1, -0.05) is 12.8 Å². The normalized spacial score (nSPS) is 38.3. The Labute approximate surface area is 156 Å². The highest BCUT2D eigenvalue weighted by Gasteiger charge is 2.73. The van der Waals surface area contributed by atoms with E-state index in [1.54, 1.807) is 4.90 Å². The van der Waals surface area contributed by atoms with E-state index in [2.05, 4.69) is 10.6 Å². The van der Waals surface area contributed by atoms with Gasteiger partial charge in [0, 0.05) is 24.7 Å². The van der Waals surface area contributed by atoms with Crippen molar-refractivity contribution in [3.05, 3.63) is 0 Å². The average Bonchev–Trinajstić information content (AvgIpc) is 3.02. The molecule has 4 atom stereocenters. The van der Waals surface area contributed by atoms with Crippen LogP contribution in [0.25, 0.3) is 0 Å². The number of piperidine rings is 1. The second kappa shape index (κ2) is 6.03. The molecule has 4 unspecified atom stereocenters. The van der Waals surface area contributed by atoms with Gasteiger partial charge < -0.3 is 20.3 Å². The Bertz CT molecular complexity index is 602. The summed E-state index contributed by atoms with van der Waals surface area (Å²) in [5.74, 6) is 0.815. The molecule has 146 valence electrons. The maximum absolute atomic E-state index is 12.6. The minimum atomic E-state index is -0.491. The van der Waals surface area contributed by atoms with Crippen LogP contribution in [0, 0.1) is 11.3 Å². The van der Waals surface area contributed by atoms with E-state index in [9.17, 15) is 9.59 Å². The lowest BCUT2D eigenvalue weighted by molar-refractivity contribution is 0.0190. The first kappa shape index (κ1) is 17.9. The Morgan fingerprint density at radius 1 is 1.15 bits per heavy atom. The molecule has 2 bridgehead atoms. The molecule has 0 aromatic heterocycles. The predicted molar refractivity (Wildman–Crippen MR) is 98.9 cm³/mol. The fourth-order valence-electron chi connectivity index (χ4n) is 5.82. The molecular weight excluding hydrogens is 330 g/mol. The molecule has 1 aliphatic heterocycles. The topological polar surface area (TPSA) is 70.7 Å². The smallest absolute Gasteiger partial charge is 0.410 e. The van der Waals surface area contributed by atoms with Crippen LogP contribution in [0.1, 0.15) is 72.1 Å². The molecule has 0 aromatic rings. The molecule has 26 heavy (non-hydrogen) atoms. The van der Waals surface area contributed by atoms with Crippen molar-refractivity contribution in [2.75, 3.05) is 13.1 Å². The van der Waals surface area contributed by atoms with Crippen molar-refractivity contribution in [1.82, 2.24) is 15.5 Å². The predicted octanol–water partition coefficient (Wildman–Crippen LogP) is 3.41. The van der Waals surface area contributed by atoms with E-state index in [1.807, 2.05) is 20.8 Å². The molecule has 4 fully saturated rings. The fraction of sp³-hybridized carbons (Fsp3) is 0.900. The lowest BCUT2D eigenvalue weighted by Gasteiger charge is -2.34. The maximum atomic E-state index is 12.6. The Morgan fingerprint density at radius 3 is 2.69 bits per heavy atom. The second-order valence-corrected chi connectivity index (χ2v) is 10.1.